The van der Waals surface area contributed by atoms with E-state index < -0.39 is 0 Å². The molecule has 0 bridgehead atoms. The summed E-state index contributed by atoms with van der Waals surface area (Å²) in [6.07, 6.45) is 0. The van der Waals surface area contributed by atoms with Crippen LogP contribution in [0.15, 0.2) is 223 Å². The lowest BCUT2D eigenvalue weighted by atomic mass is 9.98. The summed E-state index contributed by atoms with van der Waals surface area (Å²) in [5, 5.41) is 9.65. The lowest BCUT2D eigenvalue weighted by Gasteiger charge is -2.14. The average Bonchev–Trinajstić information content (AvgIpc) is 4.08. The van der Waals surface area contributed by atoms with E-state index in [1.54, 1.807) is 0 Å². The van der Waals surface area contributed by atoms with Gasteiger partial charge < -0.3 is 8.98 Å². The summed E-state index contributed by atoms with van der Waals surface area (Å²) in [5.41, 5.74) is 12.3. The van der Waals surface area contributed by atoms with E-state index in [1.165, 1.54) is 64.0 Å². The maximum atomic E-state index is 6.33. The lowest BCUT2D eigenvalue weighted by molar-refractivity contribution is 0.669. The first-order valence-corrected chi connectivity index (χ1v) is 23.3. The van der Waals surface area contributed by atoms with Crippen LogP contribution in [-0.2, 0) is 0 Å². The normalized spacial score (nSPS) is 11.9. The van der Waals surface area contributed by atoms with Crippen LogP contribution in [0.1, 0.15) is 0 Å². The lowest BCUT2D eigenvalue weighted by Crippen LogP contribution is -2.01. The molecule has 4 aromatic heterocycles. The number of fused-ring (bicyclic) bond motifs is 11. The van der Waals surface area contributed by atoms with Crippen LogP contribution in [0.4, 0.5) is 0 Å². The number of rotatable bonds is 6. The predicted octanol–water partition coefficient (Wildman–Crippen LogP) is 16.7. The number of benzene rings is 10. The van der Waals surface area contributed by atoms with Crippen molar-refractivity contribution in [2.75, 3.05) is 0 Å². The first-order valence-electron chi connectivity index (χ1n) is 22.5. The monoisotopic (exact) mass is 872 g/mol. The number of furan rings is 1. The fraction of sp³-hybridized carbons (Fsp3) is 0. The van der Waals surface area contributed by atoms with Crippen molar-refractivity contribution in [3.63, 3.8) is 0 Å². The van der Waals surface area contributed by atoms with Gasteiger partial charge in [-0.25, -0.2) is 15.0 Å². The van der Waals surface area contributed by atoms with Gasteiger partial charge in [0.25, 0.3) is 0 Å². The maximum Gasteiger partial charge on any atom is 0.164 e. The Morgan fingerprint density at radius 1 is 0.373 bits per heavy atom. The molecule has 0 N–H and O–H groups in total. The van der Waals surface area contributed by atoms with Gasteiger partial charge in [-0.3, -0.25) is 0 Å². The molecule has 0 amide bonds. The van der Waals surface area contributed by atoms with Gasteiger partial charge in [-0.15, -0.1) is 11.3 Å². The molecule has 0 radical (unpaired) electrons. The second-order valence-electron chi connectivity index (χ2n) is 17.1. The third kappa shape index (κ3) is 6.04. The van der Waals surface area contributed by atoms with Gasteiger partial charge in [-0.2, -0.15) is 0 Å². The quantitative estimate of drug-likeness (QED) is 0.167. The van der Waals surface area contributed by atoms with Crippen LogP contribution < -0.4 is 0 Å². The summed E-state index contributed by atoms with van der Waals surface area (Å²) in [6.45, 7) is 0. The summed E-state index contributed by atoms with van der Waals surface area (Å²) < 4.78 is 11.3. The molecule has 14 rings (SSSR count). The zero-order valence-corrected chi connectivity index (χ0v) is 36.7. The molecule has 0 aliphatic heterocycles. The molecular weight excluding hydrogens is 837 g/mol. The van der Waals surface area contributed by atoms with E-state index in [0.717, 1.165) is 55.3 Å². The zero-order chi connectivity index (χ0) is 44.0. The van der Waals surface area contributed by atoms with Gasteiger partial charge in [0, 0.05) is 75.2 Å². The fourth-order valence-corrected chi connectivity index (χ4v) is 11.4. The molecule has 0 aliphatic rings. The molecule has 312 valence electrons. The molecule has 14 aromatic rings. The summed E-state index contributed by atoms with van der Waals surface area (Å²) >= 11 is 1.88. The van der Waals surface area contributed by atoms with Crippen LogP contribution in [-0.4, -0.2) is 19.5 Å². The second kappa shape index (κ2) is 14.9. The number of para-hydroxylation sites is 2. The minimum Gasteiger partial charge on any atom is -0.456 e. The predicted molar refractivity (Wildman–Crippen MR) is 279 cm³/mol. The van der Waals surface area contributed by atoms with Crippen LogP contribution in [0.25, 0.3) is 137 Å². The van der Waals surface area contributed by atoms with Crippen LogP contribution in [0.3, 0.4) is 0 Å². The highest BCUT2D eigenvalue weighted by Crippen LogP contribution is 2.46. The summed E-state index contributed by atoms with van der Waals surface area (Å²) in [5.74, 6) is 1.77. The highest BCUT2D eigenvalue weighted by molar-refractivity contribution is 7.26. The molecule has 0 aliphatic carbocycles. The maximum absolute atomic E-state index is 6.33. The van der Waals surface area contributed by atoms with E-state index in [2.05, 4.69) is 168 Å². The van der Waals surface area contributed by atoms with Crippen molar-refractivity contribution in [2.45, 2.75) is 0 Å². The molecule has 5 nitrogen and oxygen atoms in total. The first-order chi connectivity index (χ1) is 33.2. The Balaban J connectivity index is 0.996. The summed E-state index contributed by atoms with van der Waals surface area (Å²) in [7, 11) is 0. The Bertz CT molecular complexity index is 4280. The Morgan fingerprint density at radius 3 is 1.84 bits per heavy atom. The third-order valence-corrected chi connectivity index (χ3v) is 14.4. The minimum atomic E-state index is 0.577. The molecule has 67 heavy (non-hydrogen) atoms. The molecule has 0 saturated carbocycles. The molecule has 0 fully saturated rings. The van der Waals surface area contributed by atoms with Crippen molar-refractivity contribution < 1.29 is 4.42 Å². The Kier molecular flexibility index (Phi) is 8.38. The van der Waals surface area contributed by atoms with Gasteiger partial charge in [0.15, 0.2) is 17.5 Å². The highest BCUT2D eigenvalue weighted by atomic mass is 32.1. The van der Waals surface area contributed by atoms with Crippen LogP contribution in [0.5, 0.6) is 0 Å². The number of thiophene rings is 1. The van der Waals surface area contributed by atoms with Crippen LogP contribution in [0, 0.1) is 0 Å². The Morgan fingerprint density at radius 2 is 1.00 bits per heavy atom. The Labute approximate surface area is 388 Å². The van der Waals surface area contributed by atoms with Crippen molar-refractivity contribution >= 4 is 86.0 Å². The van der Waals surface area contributed by atoms with Gasteiger partial charge in [0.1, 0.15) is 11.2 Å². The molecule has 0 atom stereocenters. The molecule has 0 unspecified atom stereocenters. The molecule has 4 heterocycles. The van der Waals surface area contributed by atoms with Crippen molar-refractivity contribution in [3.05, 3.63) is 218 Å². The van der Waals surface area contributed by atoms with Crippen molar-refractivity contribution in [3.8, 4) is 62.1 Å². The SMILES string of the molecule is c1ccc(-c2ccc3c(c2)c2cccc(-c4cccc5c4sc4ccc6ccccc6c45)c2n3-c2cccc(-c3nc(-c4ccccc4)nc(-c4ccc5c(c4)oc4ccccc45)n3)c2)cc1. The third-order valence-electron chi connectivity index (χ3n) is 13.2. The van der Waals surface area contributed by atoms with E-state index in [1.807, 2.05) is 65.9 Å². The van der Waals surface area contributed by atoms with Gasteiger partial charge in [-0.1, -0.05) is 170 Å². The van der Waals surface area contributed by atoms with Crippen LogP contribution in [0.2, 0.25) is 0 Å². The van der Waals surface area contributed by atoms with Crippen molar-refractivity contribution in [1.82, 2.24) is 19.5 Å². The van der Waals surface area contributed by atoms with Gasteiger partial charge >= 0.3 is 0 Å². The van der Waals surface area contributed by atoms with Crippen molar-refractivity contribution in [2.24, 2.45) is 0 Å². The number of nitrogens with zero attached hydrogens (tertiary/aromatic N) is 4. The highest BCUT2D eigenvalue weighted by Gasteiger charge is 2.22. The Hall–Kier alpha value is -8.71. The van der Waals surface area contributed by atoms with Gasteiger partial charge in [-0.05, 0) is 70.4 Å². The molecule has 6 heteroatoms. The number of hydrogen-bond acceptors (Lipinski definition) is 5. The van der Waals surface area contributed by atoms with E-state index in [-0.39, 0.29) is 0 Å². The number of aromatic nitrogens is 4. The molecular formula is C61H36N4OS. The average molecular weight is 873 g/mol. The van der Waals surface area contributed by atoms with Crippen molar-refractivity contribution in [1.29, 1.82) is 0 Å². The van der Waals surface area contributed by atoms with E-state index >= 15 is 0 Å². The van der Waals surface area contributed by atoms with Crippen LogP contribution >= 0.6 is 11.3 Å². The fourth-order valence-electron chi connectivity index (χ4n) is 10.1. The molecule has 0 saturated heterocycles. The largest absolute Gasteiger partial charge is 0.456 e. The minimum absolute atomic E-state index is 0.577. The molecule has 10 aromatic carbocycles. The summed E-state index contributed by atoms with van der Waals surface area (Å²) in [4.78, 5) is 15.5. The summed E-state index contributed by atoms with van der Waals surface area (Å²) in [6, 6.07) is 77.5. The molecule has 0 spiro atoms. The van der Waals surface area contributed by atoms with E-state index in [4.69, 9.17) is 19.4 Å². The second-order valence-corrected chi connectivity index (χ2v) is 18.2. The van der Waals surface area contributed by atoms with Gasteiger partial charge in [0.2, 0.25) is 0 Å². The first kappa shape index (κ1) is 37.6. The van der Waals surface area contributed by atoms with Gasteiger partial charge in [0.05, 0.1) is 11.0 Å². The smallest absolute Gasteiger partial charge is 0.164 e. The zero-order valence-electron chi connectivity index (χ0n) is 35.9. The van der Waals surface area contributed by atoms with E-state index in [0.29, 0.717) is 17.5 Å². The van der Waals surface area contributed by atoms with E-state index in [9.17, 15) is 0 Å². The topological polar surface area (TPSA) is 56.7 Å². The number of hydrogen-bond donors (Lipinski definition) is 0. The standard InChI is InChI=1S/C61H36N4OS/c1-3-14-37(15-4-1)40-29-32-52-51(35-40)48-24-12-23-47(49-25-13-26-50-56-44-21-8-7-16-38(44)30-33-55(56)67-58(49)50)57(48)65(52)43-20-11-19-41(34-43)60-62-59(39-17-5-2-6-18-39)63-61(64-60)42-28-31-46-45-22-9-10-27-53(45)66-54(46)36-42/h1-36H.